The third-order valence-electron chi connectivity index (χ3n) is 3.31. The normalized spacial score (nSPS) is 10.1. The molecule has 0 aliphatic rings. The smallest absolute Gasteiger partial charge is 0.251 e. The third kappa shape index (κ3) is 6.95. The number of amides is 1. The van der Waals surface area contributed by atoms with Gasteiger partial charge in [0.05, 0.1) is 6.61 Å². The second kappa shape index (κ2) is 11.4. The number of carbonyl (C=O) groups excluding carboxylic acids is 1. The highest BCUT2D eigenvalue weighted by molar-refractivity contribution is 5.94. The minimum atomic E-state index is -0.789. The van der Waals surface area contributed by atoms with Crippen LogP contribution in [0.3, 0.4) is 0 Å². The maximum atomic E-state index is 13.6. The minimum absolute atomic E-state index is 0. The van der Waals surface area contributed by atoms with Crippen LogP contribution in [0.25, 0.3) is 0 Å². The van der Waals surface area contributed by atoms with E-state index in [-0.39, 0.29) is 24.1 Å². The van der Waals surface area contributed by atoms with Gasteiger partial charge in [0.2, 0.25) is 0 Å². The summed E-state index contributed by atoms with van der Waals surface area (Å²) in [6.07, 6.45) is 0. The highest BCUT2D eigenvalue weighted by atomic mass is 35.5. The van der Waals surface area contributed by atoms with Crippen LogP contribution >= 0.6 is 12.4 Å². The Kier molecular flexibility index (Phi) is 9.57. The van der Waals surface area contributed by atoms with E-state index in [1.54, 1.807) is 31.4 Å². The number of ether oxygens (including phenoxy) is 2. The van der Waals surface area contributed by atoms with E-state index in [1.807, 2.05) is 0 Å². The monoisotopic (exact) mass is 386 g/mol. The Hall–Kier alpha value is -2.22. The van der Waals surface area contributed by atoms with E-state index < -0.39 is 11.6 Å². The van der Waals surface area contributed by atoms with E-state index in [0.717, 1.165) is 18.7 Å². The molecule has 2 rings (SSSR count). The lowest BCUT2D eigenvalue weighted by molar-refractivity contribution is 0.0953. The van der Waals surface area contributed by atoms with Crippen molar-refractivity contribution in [3.8, 4) is 11.5 Å². The van der Waals surface area contributed by atoms with Crippen molar-refractivity contribution in [2.45, 2.75) is 0 Å². The summed E-state index contributed by atoms with van der Waals surface area (Å²) in [5.74, 6) is -1.41. The molecule has 8 heteroatoms. The molecule has 0 aromatic heterocycles. The molecular formula is C18H21ClF2N2O3. The second-order valence-electron chi connectivity index (χ2n) is 5.20. The fourth-order valence-electron chi connectivity index (χ4n) is 2.03. The molecule has 2 aromatic carbocycles. The largest absolute Gasteiger partial charge is 0.454 e. The number of methoxy groups -OCH3 is 1. The number of hydrogen-bond acceptors (Lipinski definition) is 4. The lowest BCUT2D eigenvalue weighted by Crippen LogP contribution is -2.33. The molecule has 26 heavy (non-hydrogen) atoms. The van der Waals surface area contributed by atoms with E-state index in [2.05, 4.69) is 10.6 Å². The zero-order valence-electron chi connectivity index (χ0n) is 14.3. The molecule has 0 spiro atoms. The number of halogens is 3. The molecule has 0 atom stereocenters. The van der Waals surface area contributed by atoms with Gasteiger partial charge in [-0.15, -0.1) is 12.4 Å². The fourth-order valence-corrected chi connectivity index (χ4v) is 2.03. The van der Waals surface area contributed by atoms with E-state index in [1.165, 1.54) is 6.07 Å². The quantitative estimate of drug-likeness (QED) is 0.650. The van der Waals surface area contributed by atoms with Crippen LogP contribution < -0.4 is 15.4 Å². The lowest BCUT2D eigenvalue weighted by atomic mass is 10.2. The van der Waals surface area contributed by atoms with E-state index in [0.29, 0.717) is 31.0 Å². The highest BCUT2D eigenvalue weighted by Gasteiger charge is 2.08. The minimum Gasteiger partial charge on any atom is -0.454 e. The molecule has 1 amide bonds. The first kappa shape index (κ1) is 21.8. The van der Waals surface area contributed by atoms with Crippen LogP contribution in [0.5, 0.6) is 11.5 Å². The first-order valence-electron chi connectivity index (χ1n) is 7.81. The maximum absolute atomic E-state index is 13.6. The van der Waals surface area contributed by atoms with Gasteiger partial charge in [0.25, 0.3) is 5.91 Å². The van der Waals surface area contributed by atoms with Gasteiger partial charge in [-0.05, 0) is 36.4 Å². The van der Waals surface area contributed by atoms with Gasteiger partial charge in [-0.25, -0.2) is 8.78 Å². The van der Waals surface area contributed by atoms with Crippen LogP contribution in [-0.4, -0.2) is 39.3 Å². The van der Waals surface area contributed by atoms with Crippen molar-refractivity contribution in [2.75, 3.05) is 33.4 Å². The number of nitrogens with one attached hydrogen (secondary N) is 2. The first-order chi connectivity index (χ1) is 12.1. The van der Waals surface area contributed by atoms with E-state index in [9.17, 15) is 13.6 Å². The van der Waals surface area contributed by atoms with Gasteiger partial charge in [-0.3, -0.25) is 4.79 Å². The first-order valence-corrected chi connectivity index (χ1v) is 7.81. The van der Waals surface area contributed by atoms with Crippen molar-refractivity contribution in [3.63, 3.8) is 0 Å². The maximum Gasteiger partial charge on any atom is 0.251 e. The summed E-state index contributed by atoms with van der Waals surface area (Å²) in [4.78, 5) is 12.0. The average Bonchev–Trinajstić information content (AvgIpc) is 2.61. The Morgan fingerprint density at radius 2 is 1.77 bits per heavy atom. The second-order valence-corrected chi connectivity index (χ2v) is 5.20. The molecule has 0 radical (unpaired) electrons. The van der Waals surface area contributed by atoms with Crippen LogP contribution in [-0.2, 0) is 4.74 Å². The van der Waals surface area contributed by atoms with Crippen molar-refractivity contribution in [1.29, 1.82) is 0 Å². The average molecular weight is 387 g/mol. The summed E-state index contributed by atoms with van der Waals surface area (Å²) >= 11 is 0. The van der Waals surface area contributed by atoms with Gasteiger partial charge in [0, 0.05) is 38.4 Å². The van der Waals surface area contributed by atoms with Crippen molar-refractivity contribution < 1.29 is 23.0 Å². The van der Waals surface area contributed by atoms with Crippen LogP contribution in [0.1, 0.15) is 10.4 Å². The van der Waals surface area contributed by atoms with Crippen molar-refractivity contribution in [3.05, 3.63) is 59.7 Å². The third-order valence-corrected chi connectivity index (χ3v) is 3.31. The molecule has 0 fully saturated rings. The lowest BCUT2D eigenvalue weighted by Gasteiger charge is -2.09. The van der Waals surface area contributed by atoms with Gasteiger partial charge >= 0.3 is 0 Å². The van der Waals surface area contributed by atoms with Gasteiger partial charge in [0.1, 0.15) is 11.6 Å². The highest BCUT2D eigenvalue weighted by Crippen LogP contribution is 2.25. The Morgan fingerprint density at radius 3 is 2.42 bits per heavy atom. The summed E-state index contributed by atoms with van der Waals surface area (Å²) in [6, 6.07) is 9.32. The predicted molar refractivity (Wildman–Crippen MR) is 97.2 cm³/mol. The summed E-state index contributed by atoms with van der Waals surface area (Å²) in [6.45, 7) is 2.46. The summed E-state index contributed by atoms with van der Waals surface area (Å²) in [5.41, 5.74) is 0.462. The van der Waals surface area contributed by atoms with Gasteiger partial charge in [-0.1, -0.05) is 0 Å². The number of rotatable bonds is 9. The zero-order chi connectivity index (χ0) is 18.1. The molecule has 0 heterocycles. The van der Waals surface area contributed by atoms with Crippen molar-refractivity contribution in [1.82, 2.24) is 10.6 Å². The van der Waals surface area contributed by atoms with E-state index in [4.69, 9.17) is 9.47 Å². The standard InChI is InChI=1S/C18H20F2N2O3.ClH/c1-24-11-10-21-8-9-22-18(23)13-2-5-15(6-3-13)25-17-7-4-14(19)12-16(17)20;/h2-7,12,21H,8-11H2,1H3,(H,22,23);1H. The van der Waals surface area contributed by atoms with Gasteiger partial charge in [-0.2, -0.15) is 0 Å². The molecule has 5 nitrogen and oxygen atoms in total. The molecule has 0 bridgehead atoms. The Bertz CT molecular complexity index is 699. The number of benzene rings is 2. The van der Waals surface area contributed by atoms with Crippen LogP contribution in [0.15, 0.2) is 42.5 Å². The number of hydrogen-bond donors (Lipinski definition) is 2. The zero-order valence-corrected chi connectivity index (χ0v) is 15.1. The Balaban J connectivity index is 0.00000338. The summed E-state index contributed by atoms with van der Waals surface area (Å²) < 4.78 is 36.7. The van der Waals surface area contributed by atoms with Crippen molar-refractivity contribution >= 4 is 18.3 Å². The molecule has 0 saturated heterocycles. The molecule has 2 aromatic rings. The fraction of sp³-hybridized carbons (Fsp3) is 0.278. The molecule has 2 N–H and O–H groups in total. The molecule has 0 aliphatic heterocycles. The van der Waals surface area contributed by atoms with E-state index >= 15 is 0 Å². The molecule has 0 saturated carbocycles. The van der Waals surface area contributed by atoms with Crippen LogP contribution in [0, 0.1) is 11.6 Å². The molecule has 0 aliphatic carbocycles. The summed E-state index contributed by atoms with van der Waals surface area (Å²) in [5, 5.41) is 5.89. The molecule has 0 unspecified atom stereocenters. The van der Waals surface area contributed by atoms with Crippen molar-refractivity contribution in [2.24, 2.45) is 0 Å². The summed E-state index contributed by atoms with van der Waals surface area (Å²) in [7, 11) is 1.63. The predicted octanol–water partition coefficient (Wildman–Crippen LogP) is 3.14. The topological polar surface area (TPSA) is 59.6 Å². The van der Waals surface area contributed by atoms with Gasteiger partial charge in [0.15, 0.2) is 11.6 Å². The molecular weight excluding hydrogens is 366 g/mol. The molecule has 142 valence electrons. The van der Waals surface area contributed by atoms with Crippen LogP contribution in [0.4, 0.5) is 8.78 Å². The Morgan fingerprint density at radius 1 is 1.04 bits per heavy atom. The Labute approximate surface area is 157 Å². The van der Waals surface area contributed by atoms with Crippen LogP contribution in [0.2, 0.25) is 0 Å². The SMILES string of the molecule is COCCNCCNC(=O)c1ccc(Oc2ccc(F)cc2F)cc1.Cl. The number of carbonyl (C=O) groups is 1. The van der Waals surface area contributed by atoms with Gasteiger partial charge < -0.3 is 20.1 Å².